The van der Waals surface area contributed by atoms with Gasteiger partial charge in [-0.25, -0.2) is 8.42 Å². The summed E-state index contributed by atoms with van der Waals surface area (Å²) in [6, 6.07) is 12.5. The van der Waals surface area contributed by atoms with E-state index in [2.05, 4.69) is 0 Å². The van der Waals surface area contributed by atoms with Crippen LogP contribution in [-0.2, 0) is 9.84 Å². The summed E-state index contributed by atoms with van der Waals surface area (Å²) in [5.74, 6) is 0. The fourth-order valence-corrected chi connectivity index (χ4v) is 3.80. The van der Waals surface area contributed by atoms with E-state index in [0.29, 0.717) is 9.79 Å². The van der Waals surface area contributed by atoms with Gasteiger partial charge in [-0.1, -0.05) is 30.3 Å². The lowest BCUT2D eigenvalue weighted by Crippen LogP contribution is -2.06. The van der Waals surface area contributed by atoms with Crippen molar-refractivity contribution < 1.29 is 8.42 Å². The third kappa shape index (κ3) is 2.06. The summed E-state index contributed by atoms with van der Waals surface area (Å²) < 4.78 is 25.3. The maximum atomic E-state index is 12.6. The Bertz CT molecular complexity index is 685. The summed E-state index contributed by atoms with van der Waals surface area (Å²) in [5, 5.41) is 0. The maximum absolute atomic E-state index is 12.6. The third-order valence-corrected chi connectivity index (χ3v) is 5.29. The lowest BCUT2D eigenvalue weighted by Gasteiger charge is -2.11. The first kappa shape index (κ1) is 12.8. The Balaban J connectivity index is 2.71. The lowest BCUT2D eigenvalue weighted by atomic mass is 10.1. The molecule has 3 heteroatoms. The van der Waals surface area contributed by atoms with Gasteiger partial charge in [-0.05, 0) is 49.6 Å². The van der Waals surface area contributed by atoms with Gasteiger partial charge in [-0.15, -0.1) is 0 Å². The minimum atomic E-state index is -3.42. The van der Waals surface area contributed by atoms with Crippen LogP contribution >= 0.6 is 0 Å². The van der Waals surface area contributed by atoms with Crippen molar-refractivity contribution in [2.75, 3.05) is 0 Å². The van der Waals surface area contributed by atoms with Gasteiger partial charge in [0.2, 0.25) is 9.84 Å². The minimum Gasteiger partial charge on any atom is -0.218 e. The molecule has 0 unspecified atom stereocenters. The second kappa shape index (κ2) is 4.58. The molecule has 0 aliphatic heterocycles. The molecule has 2 aromatic carbocycles. The van der Waals surface area contributed by atoms with Crippen LogP contribution in [0, 0.1) is 20.8 Å². The van der Waals surface area contributed by atoms with Crippen LogP contribution in [0.25, 0.3) is 0 Å². The Kier molecular flexibility index (Phi) is 3.26. The van der Waals surface area contributed by atoms with Crippen molar-refractivity contribution in [3.63, 3.8) is 0 Å². The van der Waals surface area contributed by atoms with Gasteiger partial charge in [-0.3, -0.25) is 0 Å². The van der Waals surface area contributed by atoms with Gasteiger partial charge >= 0.3 is 0 Å². The topological polar surface area (TPSA) is 34.1 Å². The zero-order valence-electron chi connectivity index (χ0n) is 10.8. The van der Waals surface area contributed by atoms with Crippen LogP contribution in [0.5, 0.6) is 0 Å². The van der Waals surface area contributed by atoms with E-state index in [1.165, 1.54) is 0 Å². The predicted octanol–water partition coefficient (Wildman–Crippen LogP) is 3.44. The van der Waals surface area contributed by atoms with Crippen LogP contribution in [0.4, 0.5) is 0 Å². The quantitative estimate of drug-likeness (QED) is 0.829. The first-order valence-corrected chi connectivity index (χ1v) is 7.30. The van der Waals surface area contributed by atoms with Crippen LogP contribution < -0.4 is 0 Å². The smallest absolute Gasteiger partial charge is 0.207 e. The molecule has 0 saturated heterocycles. The zero-order valence-corrected chi connectivity index (χ0v) is 11.6. The van der Waals surface area contributed by atoms with Gasteiger partial charge < -0.3 is 0 Å². The molecular weight excluding hydrogens is 244 g/mol. The molecule has 2 aromatic rings. The fourth-order valence-electron chi connectivity index (χ4n) is 1.99. The summed E-state index contributed by atoms with van der Waals surface area (Å²) >= 11 is 0. The molecule has 18 heavy (non-hydrogen) atoms. The highest BCUT2D eigenvalue weighted by atomic mass is 32.2. The molecule has 2 nitrogen and oxygen atoms in total. The number of benzene rings is 2. The van der Waals surface area contributed by atoms with Crippen LogP contribution in [0.1, 0.15) is 16.7 Å². The molecule has 0 N–H and O–H groups in total. The van der Waals surface area contributed by atoms with Gasteiger partial charge in [0.15, 0.2) is 0 Å². The lowest BCUT2D eigenvalue weighted by molar-refractivity contribution is 0.594. The van der Waals surface area contributed by atoms with E-state index in [0.717, 1.165) is 16.7 Å². The van der Waals surface area contributed by atoms with Crippen molar-refractivity contribution in [3.05, 3.63) is 59.2 Å². The van der Waals surface area contributed by atoms with Gasteiger partial charge in [0.05, 0.1) is 9.79 Å². The highest BCUT2D eigenvalue weighted by Gasteiger charge is 2.21. The number of aryl methyl sites for hydroxylation is 2. The monoisotopic (exact) mass is 260 g/mol. The largest absolute Gasteiger partial charge is 0.218 e. The number of hydrogen-bond donors (Lipinski definition) is 0. The van der Waals surface area contributed by atoms with E-state index in [-0.39, 0.29) is 0 Å². The first-order chi connectivity index (χ1) is 8.44. The van der Waals surface area contributed by atoms with Gasteiger partial charge in [-0.2, -0.15) is 0 Å². The molecule has 0 aromatic heterocycles. The Morgan fingerprint density at radius 2 is 1.28 bits per heavy atom. The average Bonchev–Trinajstić information content (AvgIpc) is 2.32. The van der Waals surface area contributed by atoms with Crippen molar-refractivity contribution >= 4 is 9.84 Å². The molecule has 0 saturated carbocycles. The van der Waals surface area contributed by atoms with Crippen molar-refractivity contribution in [1.82, 2.24) is 0 Å². The fraction of sp³-hybridized carbons (Fsp3) is 0.200. The van der Waals surface area contributed by atoms with Gasteiger partial charge in [0, 0.05) is 0 Å². The van der Waals surface area contributed by atoms with E-state index >= 15 is 0 Å². The Hall–Kier alpha value is -1.61. The highest BCUT2D eigenvalue weighted by molar-refractivity contribution is 7.91. The van der Waals surface area contributed by atoms with Crippen LogP contribution in [-0.4, -0.2) is 8.42 Å². The highest BCUT2D eigenvalue weighted by Crippen LogP contribution is 2.27. The Morgan fingerprint density at radius 3 is 1.94 bits per heavy atom. The third-order valence-electron chi connectivity index (χ3n) is 3.23. The SMILES string of the molecule is Cc1ccccc1S(=O)(=O)c1cccc(C)c1C. The maximum Gasteiger partial charge on any atom is 0.207 e. The van der Waals surface area contributed by atoms with Crippen molar-refractivity contribution in [2.24, 2.45) is 0 Å². The summed E-state index contributed by atoms with van der Waals surface area (Å²) in [7, 11) is -3.42. The van der Waals surface area contributed by atoms with Gasteiger partial charge in [0.1, 0.15) is 0 Å². The second-order valence-corrected chi connectivity index (χ2v) is 6.35. The van der Waals surface area contributed by atoms with Crippen molar-refractivity contribution in [2.45, 2.75) is 30.6 Å². The summed E-state index contributed by atoms with van der Waals surface area (Å²) in [6.45, 7) is 5.59. The zero-order chi connectivity index (χ0) is 13.3. The molecule has 0 aliphatic rings. The second-order valence-electron chi connectivity index (χ2n) is 4.47. The van der Waals surface area contributed by atoms with E-state index in [1.54, 1.807) is 24.3 Å². The molecule has 0 aliphatic carbocycles. The van der Waals surface area contributed by atoms with Crippen LogP contribution in [0.15, 0.2) is 52.3 Å². The number of hydrogen-bond acceptors (Lipinski definition) is 2. The normalized spacial score (nSPS) is 11.5. The molecule has 0 spiro atoms. The first-order valence-electron chi connectivity index (χ1n) is 5.81. The minimum absolute atomic E-state index is 0.388. The van der Waals surface area contributed by atoms with Crippen LogP contribution in [0.2, 0.25) is 0 Å². The molecule has 0 fully saturated rings. The van der Waals surface area contributed by atoms with Gasteiger partial charge in [0.25, 0.3) is 0 Å². The Labute approximate surface area is 108 Å². The van der Waals surface area contributed by atoms with Crippen molar-refractivity contribution in [3.8, 4) is 0 Å². The number of sulfone groups is 1. The molecule has 0 heterocycles. The molecule has 0 radical (unpaired) electrons. The van der Waals surface area contributed by atoms with E-state index in [9.17, 15) is 8.42 Å². The van der Waals surface area contributed by atoms with Crippen LogP contribution in [0.3, 0.4) is 0 Å². The standard InChI is InChI=1S/C15H16O2S/c1-11-8-6-10-15(13(11)3)18(16,17)14-9-5-4-7-12(14)2/h4-10H,1-3H3. The van der Waals surface area contributed by atoms with Crippen molar-refractivity contribution in [1.29, 1.82) is 0 Å². The van der Waals surface area contributed by atoms with E-state index in [4.69, 9.17) is 0 Å². The van der Waals surface area contributed by atoms with E-state index in [1.807, 2.05) is 39.0 Å². The van der Waals surface area contributed by atoms with E-state index < -0.39 is 9.84 Å². The predicted molar refractivity (Wildman–Crippen MR) is 72.5 cm³/mol. The molecule has 0 bridgehead atoms. The Morgan fingerprint density at radius 1 is 0.722 bits per heavy atom. The molecule has 94 valence electrons. The molecular formula is C15H16O2S. The molecule has 2 rings (SSSR count). The summed E-state index contributed by atoms with van der Waals surface area (Å²) in [6.07, 6.45) is 0. The molecule has 0 atom stereocenters. The molecule has 0 amide bonds. The number of rotatable bonds is 2. The summed E-state index contributed by atoms with van der Waals surface area (Å²) in [5.41, 5.74) is 2.59. The summed E-state index contributed by atoms with van der Waals surface area (Å²) in [4.78, 5) is 0.788. The average molecular weight is 260 g/mol.